The van der Waals surface area contributed by atoms with Gasteiger partial charge in [-0.05, 0) is 36.2 Å². The van der Waals surface area contributed by atoms with Gasteiger partial charge in [-0.2, -0.15) is 0 Å². The first kappa shape index (κ1) is 17.0. The van der Waals surface area contributed by atoms with Gasteiger partial charge in [-0.15, -0.1) is 0 Å². The molecular weight excluding hydrogens is 338 g/mol. The Bertz CT molecular complexity index is 1070. The second-order valence-corrected chi connectivity index (χ2v) is 6.24. The first-order chi connectivity index (χ1) is 13.3. The van der Waals surface area contributed by atoms with Gasteiger partial charge in [-0.1, -0.05) is 37.3 Å². The predicted octanol–water partition coefficient (Wildman–Crippen LogP) is 4.33. The third-order valence-corrected chi connectivity index (χ3v) is 4.50. The van der Waals surface area contributed by atoms with Gasteiger partial charge >= 0.3 is 0 Å². The number of aromatic amines is 1. The number of aryl methyl sites for hydroxylation is 1. The van der Waals surface area contributed by atoms with E-state index < -0.39 is 0 Å². The van der Waals surface area contributed by atoms with Crippen molar-refractivity contribution in [2.75, 3.05) is 0 Å². The van der Waals surface area contributed by atoms with Crippen molar-refractivity contribution < 1.29 is 9.53 Å². The number of H-pyrrole nitrogens is 1. The number of carbonyl (C=O) groups excluding carboxylic acids is 1. The Morgan fingerprint density at radius 1 is 1.07 bits per heavy atom. The van der Waals surface area contributed by atoms with Crippen LogP contribution in [0.1, 0.15) is 34.1 Å². The lowest BCUT2D eigenvalue weighted by Crippen LogP contribution is -2.04. The van der Waals surface area contributed by atoms with Crippen LogP contribution in [0.2, 0.25) is 0 Å². The van der Waals surface area contributed by atoms with E-state index in [0.29, 0.717) is 23.4 Å². The van der Waals surface area contributed by atoms with Crippen LogP contribution < -0.4 is 4.74 Å². The summed E-state index contributed by atoms with van der Waals surface area (Å²) in [5.41, 5.74) is 3.92. The molecule has 0 saturated heterocycles. The summed E-state index contributed by atoms with van der Waals surface area (Å²) in [4.78, 5) is 24.6. The topological polar surface area (TPSA) is 67.9 Å². The average Bonchev–Trinajstić information content (AvgIpc) is 3.11. The summed E-state index contributed by atoms with van der Waals surface area (Å²) >= 11 is 0. The largest absolute Gasteiger partial charge is 0.489 e. The lowest BCUT2D eigenvalue weighted by molar-refractivity contribution is 0.103. The highest BCUT2D eigenvalue weighted by Crippen LogP contribution is 2.25. The highest BCUT2D eigenvalue weighted by molar-refractivity contribution is 6.16. The molecule has 0 amide bonds. The van der Waals surface area contributed by atoms with Gasteiger partial charge in [0, 0.05) is 22.8 Å². The van der Waals surface area contributed by atoms with Gasteiger partial charge in [0.1, 0.15) is 24.3 Å². The van der Waals surface area contributed by atoms with Crippen LogP contribution in [-0.2, 0) is 13.0 Å². The molecule has 0 aliphatic carbocycles. The number of carbonyl (C=O) groups is 1. The fourth-order valence-corrected chi connectivity index (χ4v) is 3.09. The Morgan fingerprint density at radius 3 is 2.59 bits per heavy atom. The van der Waals surface area contributed by atoms with E-state index in [1.54, 1.807) is 18.3 Å². The molecule has 0 aliphatic heterocycles. The molecule has 4 aromatic rings. The molecule has 0 radical (unpaired) electrons. The highest BCUT2D eigenvalue weighted by atomic mass is 16.5. The van der Waals surface area contributed by atoms with E-state index >= 15 is 0 Å². The van der Waals surface area contributed by atoms with Crippen molar-refractivity contribution in [3.05, 3.63) is 89.5 Å². The molecule has 0 aliphatic rings. The van der Waals surface area contributed by atoms with Gasteiger partial charge in [0.25, 0.3) is 0 Å². The molecule has 2 aromatic heterocycles. The number of nitrogens with one attached hydrogen (secondary N) is 1. The SMILES string of the molecule is CCc1[nH]c2ncncc2c1C(=O)c1ccc(OCc2ccccc2)cc1. The number of hydrogen-bond donors (Lipinski definition) is 1. The first-order valence-corrected chi connectivity index (χ1v) is 8.88. The van der Waals surface area contributed by atoms with E-state index in [0.717, 1.165) is 28.8 Å². The van der Waals surface area contributed by atoms with E-state index in [1.165, 1.54) is 6.33 Å². The molecule has 0 saturated carbocycles. The minimum atomic E-state index is -0.0393. The van der Waals surface area contributed by atoms with Crippen molar-refractivity contribution in [2.24, 2.45) is 0 Å². The zero-order chi connectivity index (χ0) is 18.6. The summed E-state index contributed by atoms with van der Waals surface area (Å²) in [7, 11) is 0. The summed E-state index contributed by atoms with van der Waals surface area (Å²) in [5, 5.41) is 0.753. The second kappa shape index (κ2) is 7.41. The van der Waals surface area contributed by atoms with Gasteiger partial charge in [0.2, 0.25) is 0 Å². The number of benzene rings is 2. The van der Waals surface area contributed by atoms with Crippen molar-refractivity contribution in [1.82, 2.24) is 15.0 Å². The zero-order valence-electron chi connectivity index (χ0n) is 15.0. The van der Waals surface area contributed by atoms with Crippen molar-refractivity contribution in [3.8, 4) is 5.75 Å². The van der Waals surface area contributed by atoms with Crippen molar-refractivity contribution >= 4 is 16.8 Å². The monoisotopic (exact) mass is 357 g/mol. The van der Waals surface area contributed by atoms with Gasteiger partial charge in [-0.3, -0.25) is 4.79 Å². The maximum absolute atomic E-state index is 13.1. The number of fused-ring (bicyclic) bond motifs is 1. The average molecular weight is 357 g/mol. The molecule has 5 nitrogen and oxygen atoms in total. The molecule has 2 heterocycles. The van der Waals surface area contributed by atoms with Crippen LogP contribution in [0.3, 0.4) is 0 Å². The van der Waals surface area contributed by atoms with Crippen LogP contribution in [0.4, 0.5) is 0 Å². The summed E-state index contributed by atoms with van der Waals surface area (Å²) in [5.74, 6) is 0.691. The summed E-state index contributed by atoms with van der Waals surface area (Å²) < 4.78 is 5.80. The minimum Gasteiger partial charge on any atom is -0.489 e. The molecule has 0 fully saturated rings. The Kier molecular flexibility index (Phi) is 4.66. The molecule has 0 spiro atoms. The number of ketones is 1. The van der Waals surface area contributed by atoms with E-state index in [2.05, 4.69) is 15.0 Å². The number of nitrogens with zero attached hydrogens (tertiary/aromatic N) is 2. The highest BCUT2D eigenvalue weighted by Gasteiger charge is 2.19. The van der Waals surface area contributed by atoms with Crippen LogP contribution in [0.15, 0.2) is 67.1 Å². The third-order valence-electron chi connectivity index (χ3n) is 4.50. The Morgan fingerprint density at radius 2 is 1.85 bits per heavy atom. The van der Waals surface area contributed by atoms with Crippen LogP contribution in [0.25, 0.3) is 11.0 Å². The second-order valence-electron chi connectivity index (χ2n) is 6.24. The van der Waals surface area contributed by atoms with E-state index in [9.17, 15) is 4.79 Å². The number of ether oxygens (including phenoxy) is 1. The smallest absolute Gasteiger partial charge is 0.195 e. The van der Waals surface area contributed by atoms with Gasteiger partial charge in [0.05, 0.1) is 5.56 Å². The Labute approximate surface area is 157 Å². The lowest BCUT2D eigenvalue weighted by Gasteiger charge is -2.07. The van der Waals surface area contributed by atoms with Crippen molar-refractivity contribution in [2.45, 2.75) is 20.0 Å². The zero-order valence-corrected chi connectivity index (χ0v) is 15.0. The first-order valence-electron chi connectivity index (χ1n) is 8.88. The molecule has 0 atom stereocenters. The molecule has 0 unspecified atom stereocenters. The minimum absolute atomic E-state index is 0.0393. The van der Waals surface area contributed by atoms with Gasteiger partial charge in [0.15, 0.2) is 5.78 Å². The summed E-state index contributed by atoms with van der Waals surface area (Å²) in [6, 6.07) is 17.2. The quantitative estimate of drug-likeness (QED) is 0.522. The molecule has 0 bridgehead atoms. The lowest BCUT2D eigenvalue weighted by atomic mass is 10.0. The van der Waals surface area contributed by atoms with E-state index in [-0.39, 0.29) is 5.78 Å². The van der Waals surface area contributed by atoms with Crippen LogP contribution in [0, 0.1) is 0 Å². The molecule has 1 N–H and O–H groups in total. The van der Waals surface area contributed by atoms with Crippen molar-refractivity contribution in [3.63, 3.8) is 0 Å². The van der Waals surface area contributed by atoms with Crippen LogP contribution >= 0.6 is 0 Å². The molecular formula is C22H19N3O2. The van der Waals surface area contributed by atoms with E-state index in [1.807, 2.05) is 49.4 Å². The fraction of sp³-hybridized carbons (Fsp3) is 0.136. The number of rotatable bonds is 6. The van der Waals surface area contributed by atoms with Crippen molar-refractivity contribution in [1.29, 1.82) is 0 Å². The Balaban J connectivity index is 1.56. The van der Waals surface area contributed by atoms with Crippen LogP contribution in [-0.4, -0.2) is 20.7 Å². The number of hydrogen-bond acceptors (Lipinski definition) is 4. The standard InChI is InChI=1S/C22H19N3O2/c1-2-19-20(18-12-23-14-24-22(18)25-19)21(26)16-8-10-17(11-9-16)27-13-15-6-4-3-5-7-15/h3-12,14H,2,13H2,1H3,(H,23,24,25). The summed E-state index contributed by atoms with van der Waals surface area (Å²) in [6.07, 6.45) is 3.88. The maximum Gasteiger partial charge on any atom is 0.195 e. The maximum atomic E-state index is 13.1. The molecule has 2 aromatic carbocycles. The predicted molar refractivity (Wildman–Crippen MR) is 104 cm³/mol. The molecule has 134 valence electrons. The van der Waals surface area contributed by atoms with Crippen LogP contribution in [0.5, 0.6) is 5.75 Å². The van der Waals surface area contributed by atoms with Gasteiger partial charge in [-0.25, -0.2) is 9.97 Å². The fourth-order valence-electron chi connectivity index (χ4n) is 3.09. The van der Waals surface area contributed by atoms with E-state index in [4.69, 9.17) is 4.74 Å². The molecule has 5 heteroatoms. The molecule has 27 heavy (non-hydrogen) atoms. The third kappa shape index (κ3) is 3.44. The number of aromatic nitrogens is 3. The Hall–Kier alpha value is -3.47. The molecule has 4 rings (SSSR count). The van der Waals surface area contributed by atoms with Gasteiger partial charge < -0.3 is 9.72 Å². The summed E-state index contributed by atoms with van der Waals surface area (Å²) in [6.45, 7) is 2.50. The normalized spacial score (nSPS) is 10.9.